The number of benzene rings is 1. The van der Waals surface area contributed by atoms with Crippen molar-refractivity contribution in [3.05, 3.63) is 35.4 Å². The Bertz CT molecular complexity index is 422. The van der Waals surface area contributed by atoms with Gasteiger partial charge in [0.25, 0.3) is 0 Å². The molecule has 0 amide bonds. The molecule has 0 heterocycles. The summed E-state index contributed by atoms with van der Waals surface area (Å²) in [5, 5.41) is 0. The minimum Gasteiger partial charge on any atom is -0.299 e. The number of carbonyl (C=O) groups is 1. The third kappa shape index (κ3) is 2.77. The molecular weight excluding hydrogens is 234 g/mol. The van der Waals surface area contributed by atoms with Crippen LogP contribution in [0.25, 0.3) is 0 Å². The van der Waals surface area contributed by atoms with Gasteiger partial charge >= 0.3 is 0 Å². The van der Waals surface area contributed by atoms with E-state index in [0.717, 1.165) is 25.7 Å². The zero-order valence-electron chi connectivity index (χ0n) is 10.6. The van der Waals surface area contributed by atoms with Crippen LogP contribution in [0, 0.1) is 23.5 Å². The Balaban J connectivity index is 2.04. The Morgan fingerprint density at radius 2 is 1.94 bits per heavy atom. The minimum absolute atomic E-state index is 0.00560. The average Bonchev–Trinajstić information content (AvgIpc) is 2.82. The van der Waals surface area contributed by atoms with Gasteiger partial charge in [-0.15, -0.1) is 0 Å². The van der Waals surface area contributed by atoms with Crippen LogP contribution in [0.1, 0.15) is 38.2 Å². The second-order valence-corrected chi connectivity index (χ2v) is 5.13. The molecule has 0 aromatic heterocycles. The fourth-order valence-corrected chi connectivity index (χ4v) is 2.76. The molecule has 0 spiro atoms. The molecule has 0 aliphatic heterocycles. The molecule has 0 saturated heterocycles. The summed E-state index contributed by atoms with van der Waals surface area (Å²) in [5.41, 5.74) is -0.0811. The summed E-state index contributed by atoms with van der Waals surface area (Å²) in [5.74, 6) is -0.657. The van der Waals surface area contributed by atoms with E-state index in [0.29, 0.717) is 5.92 Å². The zero-order valence-corrected chi connectivity index (χ0v) is 10.6. The molecule has 18 heavy (non-hydrogen) atoms. The van der Waals surface area contributed by atoms with E-state index in [1.54, 1.807) is 0 Å². The van der Waals surface area contributed by atoms with Crippen molar-refractivity contribution in [2.45, 2.75) is 39.0 Å². The highest BCUT2D eigenvalue weighted by atomic mass is 19.1. The normalized spacial score (nSPS) is 23.3. The molecule has 2 unspecified atom stereocenters. The number of halogens is 2. The van der Waals surface area contributed by atoms with Gasteiger partial charge in [0, 0.05) is 17.9 Å². The van der Waals surface area contributed by atoms with Crippen LogP contribution in [0.4, 0.5) is 8.78 Å². The fraction of sp³-hybridized carbons (Fsp3) is 0.533. The van der Waals surface area contributed by atoms with Gasteiger partial charge in [-0.3, -0.25) is 4.79 Å². The highest BCUT2D eigenvalue weighted by molar-refractivity contribution is 5.83. The first-order chi connectivity index (χ1) is 8.61. The lowest BCUT2D eigenvalue weighted by atomic mass is 9.94. The minimum atomic E-state index is -0.617. The van der Waals surface area contributed by atoms with Crippen molar-refractivity contribution in [3.63, 3.8) is 0 Å². The van der Waals surface area contributed by atoms with Crippen LogP contribution in [-0.4, -0.2) is 5.78 Å². The van der Waals surface area contributed by atoms with Crippen molar-refractivity contribution >= 4 is 5.78 Å². The van der Waals surface area contributed by atoms with Crippen LogP contribution in [0.3, 0.4) is 0 Å². The van der Waals surface area contributed by atoms with Crippen LogP contribution < -0.4 is 0 Å². The second kappa shape index (κ2) is 5.59. The van der Waals surface area contributed by atoms with Crippen molar-refractivity contribution in [1.29, 1.82) is 0 Å². The summed E-state index contributed by atoms with van der Waals surface area (Å²) < 4.78 is 26.9. The Labute approximate surface area is 106 Å². The van der Waals surface area contributed by atoms with E-state index >= 15 is 0 Å². The van der Waals surface area contributed by atoms with Gasteiger partial charge in [0.2, 0.25) is 0 Å². The smallest absolute Gasteiger partial charge is 0.140 e. The Hall–Kier alpha value is -1.25. The van der Waals surface area contributed by atoms with Gasteiger partial charge in [0.05, 0.1) is 0 Å². The molecule has 3 heteroatoms. The molecule has 0 bridgehead atoms. The molecule has 1 aliphatic rings. The van der Waals surface area contributed by atoms with Crippen molar-refractivity contribution in [2.24, 2.45) is 11.8 Å². The van der Waals surface area contributed by atoms with E-state index in [1.165, 1.54) is 18.2 Å². The average molecular weight is 252 g/mol. The molecule has 98 valence electrons. The van der Waals surface area contributed by atoms with E-state index in [1.807, 2.05) is 0 Å². The van der Waals surface area contributed by atoms with Crippen molar-refractivity contribution in [2.75, 3.05) is 0 Å². The second-order valence-electron chi connectivity index (χ2n) is 5.13. The Morgan fingerprint density at radius 3 is 2.50 bits per heavy atom. The molecule has 2 atom stereocenters. The summed E-state index contributed by atoms with van der Waals surface area (Å²) in [6, 6.07) is 3.73. The maximum Gasteiger partial charge on any atom is 0.140 e. The molecule has 0 radical (unpaired) electrons. The van der Waals surface area contributed by atoms with Gasteiger partial charge in [0.1, 0.15) is 17.4 Å². The summed E-state index contributed by atoms with van der Waals surface area (Å²) >= 11 is 0. The highest BCUT2D eigenvalue weighted by Crippen LogP contribution is 2.34. The summed E-state index contributed by atoms with van der Waals surface area (Å²) in [6.07, 6.45) is 3.78. The molecule has 1 nitrogen and oxygen atoms in total. The molecular formula is C15H18F2O. The highest BCUT2D eigenvalue weighted by Gasteiger charge is 2.29. The lowest BCUT2D eigenvalue weighted by Gasteiger charge is -2.10. The predicted octanol–water partition coefficient (Wildman–Crippen LogP) is 3.90. The maximum absolute atomic E-state index is 13.4. The first kappa shape index (κ1) is 13.2. The third-order valence-corrected chi connectivity index (χ3v) is 3.99. The zero-order chi connectivity index (χ0) is 13.1. The first-order valence-electron chi connectivity index (χ1n) is 6.57. The van der Waals surface area contributed by atoms with Crippen LogP contribution in [0.2, 0.25) is 0 Å². The standard InChI is InChI=1S/C15H18F2O/c1-2-10-6-7-11(8-10)15(18)9-12-13(16)4-3-5-14(12)17/h3-5,10-11H,2,6-9H2,1H3. The largest absolute Gasteiger partial charge is 0.299 e. The number of hydrogen-bond donors (Lipinski definition) is 0. The van der Waals surface area contributed by atoms with Crippen molar-refractivity contribution in [3.8, 4) is 0 Å². The molecule has 0 N–H and O–H groups in total. The van der Waals surface area contributed by atoms with Gasteiger partial charge in [0.15, 0.2) is 0 Å². The summed E-state index contributed by atoms with van der Waals surface area (Å²) in [6.45, 7) is 2.12. The number of carbonyl (C=O) groups excluding carboxylic acids is 1. The molecule has 1 saturated carbocycles. The topological polar surface area (TPSA) is 17.1 Å². The quantitative estimate of drug-likeness (QED) is 0.794. The van der Waals surface area contributed by atoms with Crippen molar-refractivity contribution < 1.29 is 13.6 Å². The van der Waals surface area contributed by atoms with Crippen LogP contribution in [0.15, 0.2) is 18.2 Å². The Kier molecular flexibility index (Phi) is 4.10. The maximum atomic E-state index is 13.4. The van der Waals surface area contributed by atoms with Crippen molar-refractivity contribution in [1.82, 2.24) is 0 Å². The van der Waals surface area contributed by atoms with E-state index in [2.05, 4.69) is 6.92 Å². The fourth-order valence-electron chi connectivity index (χ4n) is 2.76. The van der Waals surface area contributed by atoms with Gasteiger partial charge in [-0.05, 0) is 37.3 Å². The van der Waals surface area contributed by atoms with Gasteiger partial charge in [-0.2, -0.15) is 0 Å². The number of ketones is 1. The first-order valence-corrected chi connectivity index (χ1v) is 6.57. The third-order valence-electron chi connectivity index (χ3n) is 3.99. The summed E-state index contributed by atoms with van der Waals surface area (Å²) in [7, 11) is 0. The summed E-state index contributed by atoms with van der Waals surface area (Å²) in [4.78, 5) is 12.0. The predicted molar refractivity (Wildman–Crippen MR) is 66.2 cm³/mol. The van der Waals surface area contributed by atoms with E-state index in [4.69, 9.17) is 0 Å². The molecule has 1 fully saturated rings. The number of Topliss-reactive ketones (excluding diaryl/α,β-unsaturated/α-hetero) is 1. The van der Waals surface area contributed by atoms with Crippen LogP contribution in [0.5, 0.6) is 0 Å². The molecule has 1 aromatic carbocycles. The van der Waals surface area contributed by atoms with Gasteiger partial charge in [-0.25, -0.2) is 8.78 Å². The van der Waals surface area contributed by atoms with Crippen LogP contribution >= 0.6 is 0 Å². The van der Waals surface area contributed by atoms with Crippen LogP contribution in [-0.2, 0) is 11.2 Å². The number of hydrogen-bond acceptors (Lipinski definition) is 1. The number of rotatable bonds is 4. The molecule has 1 aromatic rings. The lowest BCUT2D eigenvalue weighted by Crippen LogP contribution is -2.16. The monoisotopic (exact) mass is 252 g/mol. The van der Waals surface area contributed by atoms with E-state index in [-0.39, 0.29) is 23.7 Å². The lowest BCUT2D eigenvalue weighted by molar-refractivity contribution is -0.122. The SMILES string of the molecule is CCC1CCC(C(=O)Cc2c(F)cccc2F)C1. The van der Waals surface area contributed by atoms with E-state index in [9.17, 15) is 13.6 Å². The molecule has 2 rings (SSSR count). The van der Waals surface area contributed by atoms with Gasteiger partial charge in [-0.1, -0.05) is 19.4 Å². The van der Waals surface area contributed by atoms with E-state index < -0.39 is 11.6 Å². The van der Waals surface area contributed by atoms with Gasteiger partial charge < -0.3 is 0 Å². The Morgan fingerprint density at radius 1 is 1.28 bits per heavy atom. The molecule has 1 aliphatic carbocycles.